The number of nitrogens with one attached hydrogen (secondary N) is 1. The Kier molecular flexibility index (Phi) is 3.10. The number of thiocarbonyl (C=S) groups is 1. The molecule has 4 heteroatoms. The standard InChI is InChI=1S/C12H17N3S/c1-12(5-2-3-6-12)15-9-4-7-14-10(8-9)11(13)16/h4,7-8H,2-3,5-6H2,1H3,(H2,13,16)(H,14,15). The number of hydrogen-bond donors (Lipinski definition) is 2. The predicted octanol–water partition coefficient (Wildman–Crippen LogP) is 2.46. The summed E-state index contributed by atoms with van der Waals surface area (Å²) < 4.78 is 0. The Balaban J connectivity index is 2.15. The number of nitrogens with zero attached hydrogens (tertiary/aromatic N) is 1. The van der Waals surface area contributed by atoms with E-state index >= 15 is 0 Å². The zero-order chi connectivity index (χ0) is 11.6. The van der Waals surface area contributed by atoms with Gasteiger partial charge in [-0.1, -0.05) is 25.1 Å². The number of aromatic nitrogens is 1. The largest absolute Gasteiger partial charge is 0.388 e. The van der Waals surface area contributed by atoms with Crippen molar-refractivity contribution >= 4 is 22.9 Å². The second-order valence-corrected chi connectivity index (χ2v) is 5.13. The molecule has 0 radical (unpaired) electrons. The Morgan fingerprint density at radius 2 is 2.19 bits per heavy atom. The van der Waals surface area contributed by atoms with Gasteiger partial charge < -0.3 is 11.1 Å². The zero-order valence-electron chi connectivity index (χ0n) is 9.49. The van der Waals surface area contributed by atoms with Gasteiger partial charge in [-0.3, -0.25) is 4.98 Å². The van der Waals surface area contributed by atoms with Gasteiger partial charge in [0.2, 0.25) is 0 Å². The summed E-state index contributed by atoms with van der Waals surface area (Å²) in [6.07, 6.45) is 6.79. The van der Waals surface area contributed by atoms with Crippen LogP contribution in [0, 0.1) is 0 Å². The highest BCUT2D eigenvalue weighted by atomic mass is 32.1. The highest BCUT2D eigenvalue weighted by molar-refractivity contribution is 7.80. The molecule has 2 rings (SSSR count). The van der Waals surface area contributed by atoms with E-state index in [1.165, 1.54) is 25.7 Å². The maximum Gasteiger partial charge on any atom is 0.122 e. The molecule has 16 heavy (non-hydrogen) atoms. The molecule has 0 aromatic carbocycles. The van der Waals surface area contributed by atoms with E-state index in [9.17, 15) is 0 Å². The first kappa shape index (κ1) is 11.3. The maximum atomic E-state index is 5.56. The topological polar surface area (TPSA) is 50.9 Å². The summed E-state index contributed by atoms with van der Waals surface area (Å²) in [6.45, 7) is 2.26. The van der Waals surface area contributed by atoms with Crippen molar-refractivity contribution in [3.8, 4) is 0 Å². The van der Waals surface area contributed by atoms with Gasteiger partial charge in [0.05, 0.1) is 5.69 Å². The van der Waals surface area contributed by atoms with E-state index in [1.807, 2.05) is 12.1 Å². The van der Waals surface area contributed by atoms with E-state index in [-0.39, 0.29) is 5.54 Å². The van der Waals surface area contributed by atoms with Crippen LogP contribution in [-0.4, -0.2) is 15.5 Å². The molecule has 3 nitrogen and oxygen atoms in total. The Morgan fingerprint density at radius 3 is 2.81 bits per heavy atom. The molecule has 1 fully saturated rings. The summed E-state index contributed by atoms with van der Waals surface area (Å²) in [6, 6.07) is 3.89. The van der Waals surface area contributed by atoms with E-state index in [0.717, 1.165) is 5.69 Å². The van der Waals surface area contributed by atoms with Gasteiger partial charge in [0.1, 0.15) is 4.99 Å². The lowest BCUT2D eigenvalue weighted by molar-refractivity contribution is 0.533. The van der Waals surface area contributed by atoms with Crippen LogP contribution in [0.5, 0.6) is 0 Å². The normalized spacial score (nSPS) is 18.3. The second-order valence-electron chi connectivity index (χ2n) is 4.69. The molecule has 0 atom stereocenters. The first-order chi connectivity index (χ1) is 7.59. The van der Waals surface area contributed by atoms with Crippen LogP contribution in [0.1, 0.15) is 38.3 Å². The van der Waals surface area contributed by atoms with Gasteiger partial charge in [-0.2, -0.15) is 0 Å². The van der Waals surface area contributed by atoms with Crippen LogP contribution in [0.3, 0.4) is 0 Å². The summed E-state index contributed by atoms with van der Waals surface area (Å²) in [5.74, 6) is 0. The molecule has 1 aliphatic rings. The van der Waals surface area contributed by atoms with Crippen LogP contribution in [0.2, 0.25) is 0 Å². The quantitative estimate of drug-likeness (QED) is 0.790. The Hall–Kier alpha value is -1.16. The summed E-state index contributed by atoms with van der Waals surface area (Å²) >= 11 is 4.92. The van der Waals surface area contributed by atoms with Crippen molar-refractivity contribution in [2.45, 2.75) is 38.1 Å². The molecular formula is C12H17N3S. The summed E-state index contributed by atoms with van der Waals surface area (Å²) in [4.78, 5) is 4.48. The number of hydrogen-bond acceptors (Lipinski definition) is 3. The van der Waals surface area contributed by atoms with Gasteiger partial charge >= 0.3 is 0 Å². The van der Waals surface area contributed by atoms with Crippen molar-refractivity contribution in [3.05, 3.63) is 24.0 Å². The molecule has 3 N–H and O–H groups in total. The van der Waals surface area contributed by atoms with E-state index in [2.05, 4.69) is 17.2 Å². The van der Waals surface area contributed by atoms with E-state index in [4.69, 9.17) is 18.0 Å². The van der Waals surface area contributed by atoms with Crippen LogP contribution >= 0.6 is 12.2 Å². The van der Waals surface area contributed by atoms with Gasteiger partial charge in [-0.25, -0.2) is 0 Å². The lowest BCUT2D eigenvalue weighted by Crippen LogP contribution is -2.30. The molecule has 1 aliphatic carbocycles. The predicted molar refractivity (Wildman–Crippen MR) is 70.6 cm³/mol. The molecule has 1 aromatic heterocycles. The fourth-order valence-corrected chi connectivity index (χ4v) is 2.38. The average molecular weight is 235 g/mol. The summed E-state index contributed by atoms with van der Waals surface area (Å²) in [7, 11) is 0. The van der Waals surface area contributed by atoms with Crippen molar-refractivity contribution in [2.75, 3.05) is 5.32 Å². The molecule has 0 unspecified atom stereocenters. The number of pyridine rings is 1. The zero-order valence-corrected chi connectivity index (χ0v) is 10.3. The van der Waals surface area contributed by atoms with Gasteiger partial charge in [-0.05, 0) is 31.9 Å². The van der Waals surface area contributed by atoms with Crippen molar-refractivity contribution in [1.82, 2.24) is 4.98 Å². The number of nitrogens with two attached hydrogens (primary N) is 1. The molecular weight excluding hydrogens is 218 g/mol. The third-order valence-electron chi connectivity index (χ3n) is 3.17. The van der Waals surface area contributed by atoms with Crippen LogP contribution in [0.25, 0.3) is 0 Å². The van der Waals surface area contributed by atoms with Gasteiger partial charge in [0.15, 0.2) is 0 Å². The SMILES string of the molecule is CC1(Nc2ccnc(C(N)=S)c2)CCCC1. The van der Waals surface area contributed by atoms with Crippen LogP contribution < -0.4 is 11.1 Å². The highest BCUT2D eigenvalue weighted by Gasteiger charge is 2.28. The van der Waals surface area contributed by atoms with Crippen molar-refractivity contribution in [1.29, 1.82) is 0 Å². The van der Waals surface area contributed by atoms with Crippen LogP contribution in [-0.2, 0) is 0 Å². The molecule has 0 bridgehead atoms. The fraction of sp³-hybridized carbons (Fsp3) is 0.500. The first-order valence-corrected chi connectivity index (χ1v) is 6.04. The average Bonchev–Trinajstić information content (AvgIpc) is 2.65. The first-order valence-electron chi connectivity index (χ1n) is 5.63. The Bertz CT molecular complexity index is 397. The minimum absolute atomic E-state index is 0.217. The molecule has 0 saturated heterocycles. The Labute approximate surface area is 101 Å². The molecule has 0 amide bonds. The van der Waals surface area contributed by atoms with Gasteiger partial charge in [0, 0.05) is 17.4 Å². The fourth-order valence-electron chi connectivity index (χ4n) is 2.27. The minimum atomic E-state index is 0.217. The van der Waals surface area contributed by atoms with Crippen molar-refractivity contribution in [2.24, 2.45) is 5.73 Å². The lowest BCUT2D eigenvalue weighted by Gasteiger charge is -2.26. The van der Waals surface area contributed by atoms with E-state index in [0.29, 0.717) is 10.7 Å². The third-order valence-corrected chi connectivity index (χ3v) is 3.37. The number of rotatable bonds is 3. The van der Waals surface area contributed by atoms with Gasteiger partial charge in [-0.15, -0.1) is 0 Å². The summed E-state index contributed by atoms with van der Waals surface area (Å²) in [5.41, 5.74) is 7.52. The summed E-state index contributed by atoms with van der Waals surface area (Å²) in [5, 5.41) is 3.56. The van der Waals surface area contributed by atoms with Crippen LogP contribution in [0.15, 0.2) is 18.3 Å². The number of anilines is 1. The molecule has 0 aliphatic heterocycles. The Morgan fingerprint density at radius 1 is 1.50 bits per heavy atom. The van der Waals surface area contributed by atoms with Crippen molar-refractivity contribution in [3.63, 3.8) is 0 Å². The van der Waals surface area contributed by atoms with E-state index < -0.39 is 0 Å². The molecule has 86 valence electrons. The van der Waals surface area contributed by atoms with Gasteiger partial charge in [0.25, 0.3) is 0 Å². The second kappa shape index (κ2) is 4.37. The third kappa shape index (κ3) is 2.50. The minimum Gasteiger partial charge on any atom is -0.388 e. The van der Waals surface area contributed by atoms with E-state index in [1.54, 1.807) is 6.20 Å². The smallest absolute Gasteiger partial charge is 0.122 e. The molecule has 1 heterocycles. The molecule has 1 saturated carbocycles. The lowest BCUT2D eigenvalue weighted by atomic mass is 10.0. The molecule has 1 aromatic rings. The maximum absolute atomic E-state index is 5.56. The monoisotopic (exact) mass is 235 g/mol. The molecule has 0 spiro atoms. The highest BCUT2D eigenvalue weighted by Crippen LogP contribution is 2.32. The van der Waals surface area contributed by atoms with Crippen LogP contribution in [0.4, 0.5) is 5.69 Å². The van der Waals surface area contributed by atoms with Crippen molar-refractivity contribution < 1.29 is 0 Å².